The quantitative estimate of drug-likeness (QED) is 0.628. The molecule has 0 aromatic carbocycles. The van der Waals surface area contributed by atoms with Crippen LogP contribution in [0.4, 0.5) is 9.18 Å². The molecule has 15 heavy (non-hydrogen) atoms. The van der Waals surface area contributed by atoms with Gasteiger partial charge >= 0.3 is 12.1 Å². The van der Waals surface area contributed by atoms with Crippen molar-refractivity contribution in [3.05, 3.63) is 0 Å². The first-order valence-electron chi connectivity index (χ1n) is 4.97. The van der Waals surface area contributed by atoms with Crippen LogP contribution >= 0.6 is 0 Å². The summed E-state index contributed by atoms with van der Waals surface area (Å²) in [5.41, 5.74) is -0.561. The predicted molar refractivity (Wildman–Crippen MR) is 52.0 cm³/mol. The van der Waals surface area contributed by atoms with Crippen LogP contribution in [0.1, 0.15) is 27.2 Å². The molecule has 1 saturated heterocycles. The van der Waals surface area contributed by atoms with Crippen molar-refractivity contribution in [3.8, 4) is 0 Å². The first-order valence-corrected chi connectivity index (χ1v) is 4.97. The van der Waals surface area contributed by atoms with E-state index in [1.54, 1.807) is 20.8 Å². The molecule has 1 atom stereocenters. The van der Waals surface area contributed by atoms with Gasteiger partial charge in [0.25, 0.3) is 0 Å². The first kappa shape index (κ1) is 11.9. The van der Waals surface area contributed by atoms with Gasteiger partial charge in [0.05, 0.1) is 5.92 Å². The van der Waals surface area contributed by atoms with E-state index in [9.17, 15) is 14.0 Å². The van der Waals surface area contributed by atoms with Crippen molar-refractivity contribution in [1.82, 2.24) is 4.90 Å². The summed E-state index contributed by atoms with van der Waals surface area (Å²) in [4.78, 5) is 23.3. The number of halogens is 1. The Morgan fingerprint density at radius 1 is 1.40 bits per heavy atom. The summed E-state index contributed by atoms with van der Waals surface area (Å²) in [7, 11) is 0. The van der Waals surface area contributed by atoms with Crippen LogP contribution in [-0.2, 0) is 9.53 Å². The van der Waals surface area contributed by atoms with Crippen LogP contribution in [-0.4, -0.2) is 35.7 Å². The van der Waals surface area contributed by atoms with Gasteiger partial charge in [-0.05, 0) is 27.2 Å². The summed E-state index contributed by atoms with van der Waals surface area (Å²) >= 11 is 0. The average Bonchev–Trinajstić information content (AvgIpc) is 2.47. The molecule has 0 radical (unpaired) electrons. The van der Waals surface area contributed by atoms with E-state index in [4.69, 9.17) is 4.74 Å². The normalized spacial score (nSPS) is 21.6. The van der Waals surface area contributed by atoms with Crippen LogP contribution in [0.2, 0.25) is 0 Å². The fraction of sp³-hybridized carbons (Fsp3) is 0.800. The van der Waals surface area contributed by atoms with Crippen LogP contribution in [0.3, 0.4) is 0 Å². The minimum atomic E-state index is -1.35. The van der Waals surface area contributed by atoms with Gasteiger partial charge in [0.15, 0.2) is 0 Å². The van der Waals surface area contributed by atoms with Gasteiger partial charge < -0.3 is 9.64 Å². The summed E-state index contributed by atoms with van der Waals surface area (Å²) in [6.07, 6.45) is -0.0968. The second kappa shape index (κ2) is 4.16. The van der Waals surface area contributed by atoms with Crippen LogP contribution in [0.5, 0.6) is 0 Å². The summed E-state index contributed by atoms with van der Waals surface area (Å²) in [5, 5.41) is 0. The summed E-state index contributed by atoms with van der Waals surface area (Å²) in [6.45, 7) is 5.80. The van der Waals surface area contributed by atoms with Crippen LogP contribution in [0.25, 0.3) is 0 Å². The van der Waals surface area contributed by atoms with Gasteiger partial charge in [0.2, 0.25) is 0 Å². The molecule has 4 nitrogen and oxygen atoms in total. The molecule has 1 aliphatic heterocycles. The van der Waals surface area contributed by atoms with Crippen molar-refractivity contribution in [2.45, 2.75) is 32.8 Å². The van der Waals surface area contributed by atoms with Gasteiger partial charge in [-0.2, -0.15) is 4.39 Å². The maximum absolute atomic E-state index is 12.4. The molecule has 1 aliphatic rings. The Kier molecular flexibility index (Phi) is 3.31. The maximum atomic E-state index is 12.4. The zero-order valence-electron chi connectivity index (χ0n) is 9.25. The second-order valence-electron chi connectivity index (χ2n) is 4.72. The molecule has 86 valence electrons. The fourth-order valence-electron chi connectivity index (χ4n) is 1.44. The lowest BCUT2D eigenvalue weighted by Gasteiger charge is -2.24. The van der Waals surface area contributed by atoms with Gasteiger partial charge in [-0.1, -0.05) is 0 Å². The Balaban J connectivity index is 2.47. The molecule has 5 heteroatoms. The number of carbonyl (C=O) groups is 2. The van der Waals surface area contributed by atoms with E-state index in [-0.39, 0.29) is 6.54 Å². The number of ether oxygens (including phenoxy) is 1. The number of nitrogens with zero attached hydrogens (tertiary/aromatic N) is 1. The van der Waals surface area contributed by atoms with Crippen LogP contribution < -0.4 is 0 Å². The highest BCUT2D eigenvalue weighted by Crippen LogP contribution is 2.20. The lowest BCUT2D eigenvalue weighted by Crippen LogP contribution is -2.35. The number of hydrogen-bond donors (Lipinski definition) is 0. The predicted octanol–water partition coefficient (Wildman–Crippen LogP) is 1.74. The van der Waals surface area contributed by atoms with E-state index in [0.717, 1.165) is 0 Å². The molecular formula is C10H16FNO3. The minimum Gasteiger partial charge on any atom is -0.444 e. The van der Waals surface area contributed by atoms with E-state index < -0.39 is 23.6 Å². The third-order valence-electron chi connectivity index (χ3n) is 2.16. The molecule has 1 fully saturated rings. The molecule has 1 rings (SSSR count). The van der Waals surface area contributed by atoms with Crippen molar-refractivity contribution in [1.29, 1.82) is 0 Å². The lowest BCUT2D eigenvalue weighted by atomic mass is 10.1. The van der Waals surface area contributed by atoms with E-state index in [1.165, 1.54) is 4.90 Å². The van der Waals surface area contributed by atoms with Gasteiger partial charge in [0.1, 0.15) is 5.60 Å². The number of likely N-dealkylation sites (tertiary alicyclic amines) is 1. The number of amides is 1. The molecular weight excluding hydrogens is 201 g/mol. The van der Waals surface area contributed by atoms with Gasteiger partial charge in [-0.15, -0.1) is 0 Å². The third-order valence-corrected chi connectivity index (χ3v) is 2.16. The maximum Gasteiger partial charge on any atom is 0.410 e. The zero-order chi connectivity index (χ0) is 11.6. The standard InChI is InChI=1S/C10H16FNO3/c1-10(2,3)15-9(14)12-5-4-7(6-12)8(11)13/h7H,4-6H2,1-3H3. The van der Waals surface area contributed by atoms with Crippen molar-refractivity contribution < 1.29 is 18.7 Å². The second-order valence-corrected chi connectivity index (χ2v) is 4.72. The van der Waals surface area contributed by atoms with E-state index in [1.807, 2.05) is 0 Å². The lowest BCUT2D eigenvalue weighted by molar-refractivity contribution is -0.133. The zero-order valence-corrected chi connectivity index (χ0v) is 9.25. The molecule has 1 amide bonds. The Morgan fingerprint density at radius 2 is 2.00 bits per heavy atom. The SMILES string of the molecule is CC(C)(C)OC(=O)N1CCC(C(=O)F)C1. The monoisotopic (exact) mass is 217 g/mol. The minimum absolute atomic E-state index is 0.129. The highest BCUT2D eigenvalue weighted by atomic mass is 19.1. The molecule has 1 unspecified atom stereocenters. The highest BCUT2D eigenvalue weighted by molar-refractivity contribution is 5.74. The average molecular weight is 217 g/mol. The Morgan fingerprint density at radius 3 is 2.40 bits per heavy atom. The fourth-order valence-corrected chi connectivity index (χ4v) is 1.44. The number of rotatable bonds is 1. The smallest absolute Gasteiger partial charge is 0.410 e. The van der Waals surface area contributed by atoms with Crippen LogP contribution in [0.15, 0.2) is 0 Å². The van der Waals surface area contributed by atoms with E-state index in [0.29, 0.717) is 13.0 Å². The van der Waals surface area contributed by atoms with E-state index >= 15 is 0 Å². The molecule has 0 N–H and O–H groups in total. The summed E-state index contributed by atoms with van der Waals surface area (Å²) < 4.78 is 17.5. The van der Waals surface area contributed by atoms with E-state index in [2.05, 4.69) is 0 Å². The number of carbonyl (C=O) groups excluding carboxylic acids is 2. The van der Waals surface area contributed by atoms with Crippen molar-refractivity contribution >= 4 is 12.1 Å². The first-order chi connectivity index (χ1) is 6.79. The van der Waals surface area contributed by atoms with Crippen molar-refractivity contribution in [2.24, 2.45) is 5.92 Å². The molecule has 0 aromatic rings. The summed E-state index contributed by atoms with van der Waals surface area (Å²) in [5.74, 6) is -0.669. The molecule has 0 spiro atoms. The van der Waals surface area contributed by atoms with Crippen molar-refractivity contribution in [2.75, 3.05) is 13.1 Å². The third kappa shape index (κ3) is 3.49. The molecule has 0 saturated carbocycles. The molecule has 0 aromatic heterocycles. The molecule has 0 bridgehead atoms. The highest BCUT2D eigenvalue weighted by Gasteiger charge is 2.33. The molecule has 0 aliphatic carbocycles. The summed E-state index contributed by atoms with van der Waals surface area (Å²) in [6, 6.07) is -1.35. The Labute approximate surface area is 88.4 Å². The van der Waals surface area contributed by atoms with Gasteiger partial charge in [-0.25, -0.2) is 4.79 Å². The van der Waals surface area contributed by atoms with Gasteiger partial charge in [0, 0.05) is 13.1 Å². The Bertz CT molecular complexity index is 272. The largest absolute Gasteiger partial charge is 0.444 e. The number of hydrogen-bond acceptors (Lipinski definition) is 3. The van der Waals surface area contributed by atoms with Gasteiger partial charge in [-0.3, -0.25) is 4.79 Å². The topological polar surface area (TPSA) is 46.6 Å². The van der Waals surface area contributed by atoms with Crippen molar-refractivity contribution in [3.63, 3.8) is 0 Å². The van der Waals surface area contributed by atoms with Crippen LogP contribution in [0, 0.1) is 5.92 Å². The Hall–Kier alpha value is -1.13. The molecule has 1 heterocycles.